The third-order valence-corrected chi connectivity index (χ3v) is 4.14. The summed E-state index contributed by atoms with van der Waals surface area (Å²) in [6, 6.07) is 7.15. The minimum absolute atomic E-state index is 0.0686. The molecule has 1 aliphatic heterocycles. The molecule has 1 aliphatic rings. The fourth-order valence-electron chi connectivity index (χ4n) is 2.45. The van der Waals surface area contributed by atoms with Gasteiger partial charge in [-0.2, -0.15) is 0 Å². The Balaban J connectivity index is 1.85. The first-order chi connectivity index (χ1) is 9.97. The first-order valence-electron chi connectivity index (χ1n) is 7.02. The molecule has 6 heteroatoms. The number of benzene rings is 1. The van der Waals surface area contributed by atoms with Gasteiger partial charge in [0.1, 0.15) is 0 Å². The first kappa shape index (κ1) is 15.6. The maximum atomic E-state index is 12.2. The number of hydrogen-bond acceptors (Lipinski definition) is 2. The lowest BCUT2D eigenvalue weighted by Gasteiger charge is -2.36. The lowest BCUT2D eigenvalue weighted by atomic mass is 10.0. The van der Waals surface area contributed by atoms with Gasteiger partial charge in [0, 0.05) is 43.8 Å². The minimum atomic E-state index is -0.110. The minimum Gasteiger partial charge on any atom is -0.343 e. The predicted molar refractivity (Wildman–Crippen MR) is 83.5 cm³/mol. The van der Waals surface area contributed by atoms with E-state index in [9.17, 15) is 9.59 Å². The zero-order chi connectivity index (χ0) is 15.4. The van der Waals surface area contributed by atoms with Crippen LogP contribution in [0.4, 0.5) is 10.5 Å². The number of likely N-dealkylation sites (tertiary alicyclic amines) is 1. The van der Waals surface area contributed by atoms with Gasteiger partial charge < -0.3 is 15.1 Å². The van der Waals surface area contributed by atoms with Crippen molar-refractivity contribution >= 4 is 29.2 Å². The number of carbonyl (C=O) groups excluding carboxylic acids is 2. The second-order valence-electron chi connectivity index (χ2n) is 5.29. The molecule has 0 radical (unpaired) electrons. The maximum absolute atomic E-state index is 12.2. The molecule has 1 heterocycles. The number of halogens is 1. The fourth-order valence-corrected chi connectivity index (χ4v) is 2.58. The van der Waals surface area contributed by atoms with Gasteiger partial charge in [0.2, 0.25) is 5.91 Å². The van der Waals surface area contributed by atoms with E-state index in [0.29, 0.717) is 18.1 Å². The van der Waals surface area contributed by atoms with Crippen molar-refractivity contribution < 1.29 is 9.59 Å². The monoisotopic (exact) mass is 309 g/mol. The molecule has 0 unspecified atom stereocenters. The summed E-state index contributed by atoms with van der Waals surface area (Å²) in [7, 11) is 1.82. The summed E-state index contributed by atoms with van der Waals surface area (Å²) in [6.07, 6.45) is 1.62. The third-order valence-electron chi connectivity index (χ3n) is 3.89. The number of anilines is 1. The second kappa shape index (κ2) is 6.80. The van der Waals surface area contributed by atoms with Crippen LogP contribution in [0.2, 0.25) is 5.02 Å². The van der Waals surface area contributed by atoms with E-state index in [1.807, 2.05) is 7.05 Å². The van der Waals surface area contributed by atoms with E-state index in [1.165, 1.54) is 0 Å². The summed E-state index contributed by atoms with van der Waals surface area (Å²) >= 11 is 5.81. The molecule has 3 amide bonds. The molecular weight excluding hydrogens is 290 g/mol. The smallest absolute Gasteiger partial charge is 0.321 e. The zero-order valence-corrected chi connectivity index (χ0v) is 13.1. The van der Waals surface area contributed by atoms with Gasteiger partial charge in [-0.05, 0) is 37.1 Å². The second-order valence-corrected chi connectivity index (χ2v) is 5.72. The average molecular weight is 310 g/mol. The van der Waals surface area contributed by atoms with Crippen LogP contribution in [0.15, 0.2) is 24.3 Å². The van der Waals surface area contributed by atoms with Crippen LogP contribution in [0, 0.1) is 0 Å². The van der Waals surface area contributed by atoms with Crippen LogP contribution < -0.4 is 5.32 Å². The molecule has 1 aromatic rings. The van der Waals surface area contributed by atoms with E-state index < -0.39 is 0 Å². The molecule has 114 valence electrons. The zero-order valence-electron chi connectivity index (χ0n) is 12.3. The van der Waals surface area contributed by atoms with Gasteiger partial charge in [0.15, 0.2) is 0 Å². The highest BCUT2D eigenvalue weighted by Crippen LogP contribution is 2.18. The molecule has 0 bridgehead atoms. The Labute approximate surface area is 129 Å². The SMILES string of the molecule is CC(=O)N(C)C1CCN(C(=O)Nc2ccc(Cl)cc2)CC1. The van der Waals surface area contributed by atoms with Crippen molar-refractivity contribution in [1.82, 2.24) is 9.80 Å². The van der Waals surface area contributed by atoms with E-state index in [2.05, 4.69) is 5.32 Å². The lowest BCUT2D eigenvalue weighted by molar-refractivity contribution is -0.130. The van der Waals surface area contributed by atoms with E-state index in [0.717, 1.165) is 18.5 Å². The Morgan fingerprint density at radius 3 is 2.33 bits per heavy atom. The van der Waals surface area contributed by atoms with Crippen LogP contribution >= 0.6 is 11.6 Å². The number of piperidine rings is 1. The molecule has 1 N–H and O–H groups in total. The maximum Gasteiger partial charge on any atom is 0.321 e. The summed E-state index contributed by atoms with van der Waals surface area (Å²) in [5, 5.41) is 3.49. The summed E-state index contributed by atoms with van der Waals surface area (Å²) in [5.74, 6) is 0.0686. The standard InChI is InChI=1S/C15H20ClN3O2/c1-11(20)18(2)14-7-9-19(10-8-14)15(21)17-13-5-3-12(16)4-6-13/h3-6,14H,7-10H2,1-2H3,(H,17,21). The Kier molecular flexibility index (Phi) is 5.07. The fraction of sp³-hybridized carbons (Fsp3) is 0.467. The van der Waals surface area contributed by atoms with Crippen LogP contribution in [0.3, 0.4) is 0 Å². The number of carbonyl (C=O) groups is 2. The summed E-state index contributed by atoms with van der Waals surface area (Å²) < 4.78 is 0. The molecule has 2 rings (SSSR count). The van der Waals surface area contributed by atoms with Gasteiger partial charge in [-0.1, -0.05) is 11.6 Å². The van der Waals surface area contributed by atoms with Gasteiger partial charge in [-0.25, -0.2) is 4.79 Å². The molecule has 0 aromatic heterocycles. The summed E-state index contributed by atoms with van der Waals surface area (Å²) in [4.78, 5) is 27.0. The van der Waals surface area contributed by atoms with Gasteiger partial charge in [0.05, 0.1) is 0 Å². The lowest BCUT2D eigenvalue weighted by Crippen LogP contribution is -2.47. The normalized spacial score (nSPS) is 15.7. The van der Waals surface area contributed by atoms with Gasteiger partial charge in [0.25, 0.3) is 0 Å². The highest BCUT2D eigenvalue weighted by Gasteiger charge is 2.26. The molecule has 1 fully saturated rings. The molecule has 0 saturated carbocycles. The molecule has 0 spiro atoms. The number of hydrogen-bond donors (Lipinski definition) is 1. The molecule has 21 heavy (non-hydrogen) atoms. The topological polar surface area (TPSA) is 52.7 Å². The molecule has 0 aliphatic carbocycles. The van der Waals surface area contributed by atoms with Crippen LogP contribution in [0.25, 0.3) is 0 Å². The van der Waals surface area contributed by atoms with Crippen LogP contribution in [0.5, 0.6) is 0 Å². The van der Waals surface area contributed by atoms with Crippen molar-refractivity contribution in [1.29, 1.82) is 0 Å². The molecule has 1 saturated heterocycles. The first-order valence-corrected chi connectivity index (χ1v) is 7.40. The molecule has 1 aromatic carbocycles. The summed E-state index contributed by atoms with van der Waals surface area (Å²) in [5.41, 5.74) is 0.729. The van der Waals surface area contributed by atoms with Crippen LogP contribution in [-0.4, -0.2) is 47.9 Å². The van der Waals surface area contributed by atoms with Gasteiger partial charge >= 0.3 is 6.03 Å². The largest absolute Gasteiger partial charge is 0.343 e. The average Bonchev–Trinajstić information content (AvgIpc) is 2.49. The van der Waals surface area contributed by atoms with Gasteiger partial charge in [-0.15, -0.1) is 0 Å². The number of rotatable bonds is 2. The number of nitrogens with zero attached hydrogens (tertiary/aromatic N) is 2. The predicted octanol–water partition coefficient (Wildman–Crippen LogP) is 2.81. The highest BCUT2D eigenvalue weighted by molar-refractivity contribution is 6.30. The number of amides is 3. The highest BCUT2D eigenvalue weighted by atomic mass is 35.5. The van der Waals surface area contributed by atoms with E-state index in [4.69, 9.17) is 11.6 Å². The van der Waals surface area contributed by atoms with Crippen molar-refractivity contribution in [2.24, 2.45) is 0 Å². The summed E-state index contributed by atoms with van der Waals surface area (Å²) in [6.45, 7) is 2.88. The quantitative estimate of drug-likeness (QED) is 0.913. The number of urea groups is 1. The van der Waals surface area contributed by atoms with Crippen LogP contribution in [-0.2, 0) is 4.79 Å². The van der Waals surface area contributed by atoms with E-state index >= 15 is 0 Å². The van der Waals surface area contributed by atoms with Crippen molar-refractivity contribution in [3.63, 3.8) is 0 Å². The van der Waals surface area contributed by atoms with Crippen molar-refractivity contribution in [3.8, 4) is 0 Å². The Morgan fingerprint density at radius 1 is 1.24 bits per heavy atom. The Hall–Kier alpha value is -1.75. The van der Waals surface area contributed by atoms with Gasteiger partial charge in [-0.3, -0.25) is 4.79 Å². The molecular formula is C15H20ClN3O2. The van der Waals surface area contributed by atoms with Crippen molar-refractivity contribution in [3.05, 3.63) is 29.3 Å². The van der Waals surface area contributed by atoms with Crippen molar-refractivity contribution in [2.45, 2.75) is 25.8 Å². The number of nitrogens with one attached hydrogen (secondary N) is 1. The molecule has 5 nitrogen and oxygen atoms in total. The van der Waals surface area contributed by atoms with Crippen molar-refractivity contribution in [2.75, 3.05) is 25.5 Å². The van der Waals surface area contributed by atoms with Crippen LogP contribution in [0.1, 0.15) is 19.8 Å². The Bertz CT molecular complexity index is 510. The third kappa shape index (κ3) is 4.11. The van der Waals surface area contributed by atoms with E-state index in [1.54, 1.807) is 41.0 Å². The Morgan fingerprint density at radius 2 is 1.81 bits per heavy atom. The molecule has 0 atom stereocenters. The van der Waals surface area contributed by atoms with E-state index in [-0.39, 0.29) is 18.0 Å².